The van der Waals surface area contributed by atoms with E-state index in [1.807, 2.05) is 12.4 Å². The van der Waals surface area contributed by atoms with Gasteiger partial charge in [0.1, 0.15) is 0 Å². The summed E-state index contributed by atoms with van der Waals surface area (Å²) in [5, 5.41) is 0. The van der Waals surface area contributed by atoms with E-state index in [1.165, 1.54) is 81.8 Å². The van der Waals surface area contributed by atoms with Crippen molar-refractivity contribution < 1.29 is 0 Å². The summed E-state index contributed by atoms with van der Waals surface area (Å²) in [4.78, 5) is 9.18. The fourth-order valence-corrected chi connectivity index (χ4v) is 4.62. The molecule has 0 aliphatic heterocycles. The van der Waals surface area contributed by atoms with Crippen LogP contribution in [0, 0.1) is 11.8 Å². The zero-order chi connectivity index (χ0) is 19.6. The van der Waals surface area contributed by atoms with Gasteiger partial charge in [-0.25, -0.2) is 9.97 Å². The van der Waals surface area contributed by atoms with Gasteiger partial charge in [0.15, 0.2) is 5.82 Å². The van der Waals surface area contributed by atoms with Gasteiger partial charge in [0.2, 0.25) is 0 Å². The van der Waals surface area contributed by atoms with Gasteiger partial charge < -0.3 is 0 Å². The molecule has 1 aliphatic carbocycles. The molecule has 1 fully saturated rings. The highest BCUT2D eigenvalue weighted by Gasteiger charge is 2.20. The first-order chi connectivity index (χ1) is 13.8. The van der Waals surface area contributed by atoms with E-state index in [-0.39, 0.29) is 0 Å². The van der Waals surface area contributed by atoms with Crippen LogP contribution >= 0.6 is 0 Å². The lowest BCUT2D eigenvalue weighted by Gasteiger charge is -2.28. The molecule has 0 amide bonds. The van der Waals surface area contributed by atoms with E-state index in [0.29, 0.717) is 0 Å². The van der Waals surface area contributed by atoms with Gasteiger partial charge in [-0.1, -0.05) is 89.5 Å². The van der Waals surface area contributed by atoms with Gasteiger partial charge in [-0.15, -0.1) is 0 Å². The normalized spacial score (nSPS) is 19.6. The predicted molar refractivity (Wildman–Crippen MR) is 119 cm³/mol. The van der Waals surface area contributed by atoms with Crippen LogP contribution in [-0.4, -0.2) is 9.97 Å². The van der Waals surface area contributed by atoms with E-state index in [1.54, 1.807) is 0 Å². The van der Waals surface area contributed by atoms with Gasteiger partial charge in [0.25, 0.3) is 0 Å². The molecule has 1 aliphatic rings. The van der Waals surface area contributed by atoms with Crippen LogP contribution in [-0.2, 0) is 12.8 Å². The maximum absolute atomic E-state index is 4.59. The molecule has 1 heterocycles. The van der Waals surface area contributed by atoms with Crippen LogP contribution in [0.4, 0.5) is 0 Å². The van der Waals surface area contributed by atoms with E-state index in [4.69, 9.17) is 0 Å². The number of rotatable bonds is 10. The van der Waals surface area contributed by atoms with E-state index in [9.17, 15) is 0 Å². The topological polar surface area (TPSA) is 25.8 Å². The van der Waals surface area contributed by atoms with Gasteiger partial charge in [0.05, 0.1) is 0 Å². The summed E-state index contributed by atoms with van der Waals surface area (Å²) in [5.41, 5.74) is 3.84. The van der Waals surface area contributed by atoms with Crippen molar-refractivity contribution in [3.8, 4) is 11.4 Å². The van der Waals surface area contributed by atoms with Crippen molar-refractivity contribution in [3.63, 3.8) is 0 Å². The first-order valence-corrected chi connectivity index (χ1v) is 11.7. The standard InChI is InChI=1S/C26H38N2/c1-3-5-6-8-24-19-27-26(28-20-24)25-17-15-23(16-18-25)14-13-22-11-9-21(7-4-2)10-12-22/h15-22H,3-14H2,1-2H3. The second-order valence-corrected chi connectivity index (χ2v) is 8.78. The molecule has 2 nitrogen and oxygen atoms in total. The summed E-state index contributed by atoms with van der Waals surface area (Å²) in [6, 6.07) is 8.94. The lowest BCUT2D eigenvalue weighted by molar-refractivity contribution is 0.252. The molecule has 0 bridgehead atoms. The van der Waals surface area contributed by atoms with Crippen molar-refractivity contribution in [3.05, 3.63) is 47.8 Å². The van der Waals surface area contributed by atoms with Gasteiger partial charge in [-0.3, -0.25) is 0 Å². The summed E-state index contributed by atoms with van der Waals surface area (Å²) in [6.45, 7) is 4.56. The molecule has 2 aromatic rings. The van der Waals surface area contributed by atoms with Crippen LogP contribution in [0.15, 0.2) is 36.7 Å². The molecule has 1 aromatic carbocycles. The van der Waals surface area contributed by atoms with Crippen molar-refractivity contribution >= 4 is 0 Å². The molecular weight excluding hydrogens is 340 g/mol. The molecule has 0 spiro atoms. The van der Waals surface area contributed by atoms with Gasteiger partial charge in [-0.05, 0) is 48.6 Å². The molecule has 152 valence electrons. The van der Waals surface area contributed by atoms with E-state index < -0.39 is 0 Å². The van der Waals surface area contributed by atoms with Crippen LogP contribution in [0.2, 0.25) is 0 Å². The fourth-order valence-electron chi connectivity index (χ4n) is 4.62. The number of unbranched alkanes of at least 4 members (excludes halogenated alkanes) is 2. The largest absolute Gasteiger partial charge is 0.236 e. The molecule has 0 atom stereocenters. The Balaban J connectivity index is 1.46. The Morgan fingerprint density at radius 2 is 1.36 bits per heavy atom. The van der Waals surface area contributed by atoms with Crippen molar-refractivity contribution in [2.75, 3.05) is 0 Å². The Morgan fingerprint density at radius 1 is 0.714 bits per heavy atom. The van der Waals surface area contributed by atoms with Crippen molar-refractivity contribution in [2.45, 2.75) is 90.9 Å². The fraction of sp³-hybridized carbons (Fsp3) is 0.615. The Morgan fingerprint density at radius 3 is 1.96 bits per heavy atom. The Kier molecular flexibility index (Phi) is 8.51. The first-order valence-electron chi connectivity index (χ1n) is 11.7. The molecule has 28 heavy (non-hydrogen) atoms. The summed E-state index contributed by atoms with van der Waals surface area (Å²) in [7, 11) is 0. The Labute approximate surface area is 172 Å². The first kappa shape index (κ1) is 21.0. The smallest absolute Gasteiger partial charge is 0.159 e. The zero-order valence-electron chi connectivity index (χ0n) is 18.0. The summed E-state index contributed by atoms with van der Waals surface area (Å²) in [6.07, 6.45) is 20.0. The highest BCUT2D eigenvalue weighted by Crippen LogP contribution is 2.33. The molecular formula is C26H38N2. The molecule has 0 saturated heterocycles. The molecule has 3 rings (SSSR count). The van der Waals surface area contributed by atoms with Crippen LogP contribution in [0.1, 0.15) is 89.2 Å². The average Bonchev–Trinajstić information content (AvgIpc) is 2.75. The van der Waals surface area contributed by atoms with Crippen molar-refractivity contribution in [1.29, 1.82) is 0 Å². The van der Waals surface area contributed by atoms with Crippen molar-refractivity contribution in [1.82, 2.24) is 9.97 Å². The Bertz CT molecular complexity index is 667. The average molecular weight is 379 g/mol. The third-order valence-corrected chi connectivity index (χ3v) is 6.49. The van der Waals surface area contributed by atoms with Crippen LogP contribution in [0.3, 0.4) is 0 Å². The monoisotopic (exact) mass is 378 g/mol. The number of nitrogens with zero attached hydrogens (tertiary/aromatic N) is 2. The lowest BCUT2D eigenvalue weighted by Crippen LogP contribution is -2.15. The van der Waals surface area contributed by atoms with E-state index in [2.05, 4.69) is 48.1 Å². The minimum absolute atomic E-state index is 0.847. The number of aromatic nitrogens is 2. The predicted octanol–water partition coefficient (Wildman–Crippen LogP) is 7.42. The quantitative estimate of drug-likeness (QED) is 0.402. The van der Waals surface area contributed by atoms with E-state index in [0.717, 1.165) is 29.6 Å². The molecule has 0 radical (unpaired) electrons. The Hall–Kier alpha value is -1.70. The SMILES string of the molecule is CCCCCc1cnc(-c2ccc(CCC3CCC(CCC)CC3)cc2)nc1. The minimum Gasteiger partial charge on any atom is -0.236 e. The molecule has 0 unspecified atom stereocenters. The van der Waals surface area contributed by atoms with Gasteiger partial charge in [-0.2, -0.15) is 0 Å². The third-order valence-electron chi connectivity index (χ3n) is 6.49. The maximum atomic E-state index is 4.59. The van der Waals surface area contributed by atoms with E-state index >= 15 is 0 Å². The third kappa shape index (κ3) is 6.43. The summed E-state index contributed by atoms with van der Waals surface area (Å²) < 4.78 is 0. The van der Waals surface area contributed by atoms with Crippen LogP contribution in [0.25, 0.3) is 11.4 Å². The second kappa shape index (κ2) is 11.3. The summed E-state index contributed by atoms with van der Waals surface area (Å²) in [5.74, 6) is 2.80. The highest BCUT2D eigenvalue weighted by atomic mass is 14.9. The number of benzene rings is 1. The summed E-state index contributed by atoms with van der Waals surface area (Å²) >= 11 is 0. The van der Waals surface area contributed by atoms with Gasteiger partial charge >= 0.3 is 0 Å². The number of hydrogen-bond acceptors (Lipinski definition) is 2. The highest BCUT2D eigenvalue weighted by molar-refractivity contribution is 5.55. The van der Waals surface area contributed by atoms with Crippen LogP contribution < -0.4 is 0 Å². The van der Waals surface area contributed by atoms with Crippen LogP contribution in [0.5, 0.6) is 0 Å². The number of hydrogen-bond donors (Lipinski definition) is 0. The molecule has 1 saturated carbocycles. The molecule has 0 N–H and O–H groups in total. The lowest BCUT2D eigenvalue weighted by atomic mass is 9.78. The van der Waals surface area contributed by atoms with Crippen molar-refractivity contribution in [2.24, 2.45) is 11.8 Å². The number of aryl methyl sites for hydroxylation is 2. The zero-order valence-corrected chi connectivity index (χ0v) is 18.0. The van der Waals surface area contributed by atoms with Gasteiger partial charge in [0, 0.05) is 18.0 Å². The second-order valence-electron chi connectivity index (χ2n) is 8.78. The maximum Gasteiger partial charge on any atom is 0.159 e. The molecule has 2 heteroatoms. The minimum atomic E-state index is 0.847. The molecule has 1 aromatic heterocycles.